The van der Waals surface area contributed by atoms with Crippen molar-refractivity contribution in [1.29, 1.82) is 0 Å². The van der Waals surface area contributed by atoms with Crippen LogP contribution in [-0.4, -0.2) is 34.3 Å². The lowest BCUT2D eigenvalue weighted by Gasteiger charge is -2.03. The van der Waals surface area contributed by atoms with Gasteiger partial charge in [0.2, 0.25) is 5.71 Å². The number of carbonyl (C=O) groups excluding carboxylic acids is 1. The number of esters is 1. The lowest BCUT2D eigenvalue weighted by molar-refractivity contribution is -0.135. The molecule has 0 aliphatic heterocycles. The van der Waals surface area contributed by atoms with Crippen LogP contribution < -0.4 is 5.73 Å². The molecule has 0 saturated carbocycles. The number of halogens is 1. The van der Waals surface area contributed by atoms with E-state index in [4.69, 9.17) is 15.3 Å². The summed E-state index contributed by atoms with van der Waals surface area (Å²) in [4.78, 5) is 20.6. The van der Waals surface area contributed by atoms with Gasteiger partial charge in [-0.05, 0) is 6.92 Å². The summed E-state index contributed by atoms with van der Waals surface area (Å²) in [5.41, 5.74) is 5.92. The lowest BCUT2D eigenvalue weighted by atomic mass is 10.3. The number of nitrogen functional groups attached to an aromatic ring is 1. The number of thiazole rings is 1. The van der Waals surface area contributed by atoms with E-state index in [2.05, 4.69) is 32.7 Å². The molecule has 0 fully saturated rings. The molecule has 0 aliphatic carbocycles. The van der Waals surface area contributed by atoms with Gasteiger partial charge in [-0.1, -0.05) is 27.7 Å². The highest BCUT2D eigenvalue weighted by Gasteiger charge is 2.19. The zero-order chi connectivity index (χ0) is 12.7. The molecule has 0 amide bonds. The van der Waals surface area contributed by atoms with Gasteiger partial charge in [0.05, 0.1) is 6.61 Å². The first-order valence-corrected chi connectivity index (χ1v) is 7.24. The zero-order valence-corrected chi connectivity index (χ0v) is 12.2. The Bertz CT molecular complexity index is 408. The van der Waals surface area contributed by atoms with E-state index in [0.717, 1.165) is 4.43 Å². The van der Waals surface area contributed by atoms with Crippen LogP contribution >= 0.6 is 33.9 Å². The molecule has 1 rings (SSSR count). The Morgan fingerprint density at radius 3 is 3.00 bits per heavy atom. The number of rotatable bonds is 6. The van der Waals surface area contributed by atoms with E-state index in [0.29, 0.717) is 17.4 Å². The number of hydrogen-bond acceptors (Lipinski definition) is 7. The molecule has 1 aromatic rings. The third-order valence-corrected chi connectivity index (χ3v) is 2.67. The molecule has 17 heavy (non-hydrogen) atoms. The first-order valence-electron chi connectivity index (χ1n) is 4.83. The Morgan fingerprint density at radius 1 is 1.71 bits per heavy atom. The summed E-state index contributed by atoms with van der Waals surface area (Å²) >= 11 is 3.37. The van der Waals surface area contributed by atoms with Crippen LogP contribution in [-0.2, 0) is 14.4 Å². The minimum Gasteiger partial charge on any atom is -0.461 e. The molecule has 1 heterocycles. The molecule has 0 radical (unpaired) electrons. The number of nitrogens with zero attached hydrogens (tertiary/aromatic N) is 2. The van der Waals surface area contributed by atoms with Crippen molar-refractivity contribution >= 4 is 50.7 Å². The standard InChI is InChI=1S/C9H12IN3O3S/c1-2-15-8(14)7(13-16-4-3-10)6-5-17-9(11)12-6/h5H,2-4H2,1H3,(H2,11,12)/b13-7+. The van der Waals surface area contributed by atoms with Crippen molar-refractivity contribution in [3.05, 3.63) is 11.1 Å². The number of oxime groups is 1. The topological polar surface area (TPSA) is 86.8 Å². The number of nitrogens with two attached hydrogens (primary N) is 1. The molecule has 2 N–H and O–H groups in total. The predicted octanol–water partition coefficient (Wildman–Crippen LogP) is 1.44. The van der Waals surface area contributed by atoms with Gasteiger partial charge in [0, 0.05) is 9.81 Å². The van der Waals surface area contributed by atoms with Crippen molar-refractivity contribution in [2.75, 3.05) is 23.4 Å². The summed E-state index contributed by atoms with van der Waals surface area (Å²) in [5, 5.41) is 5.75. The monoisotopic (exact) mass is 369 g/mol. The first kappa shape index (κ1) is 14.2. The third kappa shape index (κ3) is 4.46. The van der Waals surface area contributed by atoms with Crippen molar-refractivity contribution in [1.82, 2.24) is 4.98 Å². The van der Waals surface area contributed by atoms with Crippen LogP contribution in [0.15, 0.2) is 10.5 Å². The highest BCUT2D eigenvalue weighted by molar-refractivity contribution is 14.1. The maximum atomic E-state index is 11.6. The first-order chi connectivity index (χ1) is 8.19. The molecule has 0 spiro atoms. The molecule has 0 aliphatic rings. The summed E-state index contributed by atoms with van der Waals surface area (Å²) in [5.74, 6) is -0.564. The zero-order valence-electron chi connectivity index (χ0n) is 9.18. The molecular formula is C9H12IN3O3S. The second-order valence-corrected chi connectivity index (χ2v) is 4.72. The number of hydrogen-bond donors (Lipinski definition) is 1. The average Bonchev–Trinajstić information content (AvgIpc) is 2.71. The second kappa shape index (κ2) is 7.43. The van der Waals surface area contributed by atoms with Crippen LogP contribution in [0.5, 0.6) is 0 Å². The number of ether oxygens (including phenoxy) is 1. The van der Waals surface area contributed by atoms with Gasteiger partial charge in [-0.2, -0.15) is 0 Å². The smallest absolute Gasteiger partial charge is 0.362 e. The van der Waals surface area contributed by atoms with Crippen LogP contribution in [0.4, 0.5) is 5.13 Å². The third-order valence-electron chi connectivity index (χ3n) is 1.56. The molecule has 0 aromatic carbocycles. The minimum absolute atomic E-state index is 0.0460. The molecule has 1 aromatic heterocycles. The van der Waals surface area contributed by atoms with Gasteiger partial charge >= 0.3 is 5.97 Å². The summed E-state index contributed by atoms with van der Waals surface area (Å²) in [6, 6.07) is 0. The second-order valence-electron chi connectivity index (χ2n) is 2.75. The Kier molecular flexibility index (Phi) is 6.19. The maximum absolute atomic E-state index is 11.6. The van der Waals surface area contributed by atoms with Crippen LogP contribution in [0.3, 0.4) is 0 Å². The van der Waals surface area contributed by atoms with Gasteiger partial charge in [0.15, 0.2) is 5.13 Å². The van der Waals surface area contributed by atoms with Gasteiger partial charge in [0.25, 0.3) is 0 Å². The van der Waals surface area contributed by atoms with Crippen molar-refractivity contribution < 1.29 is 14.4 Å². The number of aromatic nitrogens is 1. The molecule has 0 bridgehead atoms. The Labute approximate surface area is 116 Å². The summed E-state index contributed by atoms with van der Waals surface area (Å²) < 4.78 is 5.64. The Morgan fingerprint density at radius 2 is 2.47 bits per heavy atom. The maximum Gasteiger partial charge on any atom is 0.362 e. The Balaban J connectivity index is 2.86. The van der Waals surface area contributed by atoms with E-state index < -0.39 is 5.97 Å². The van der Waals surface area contributed by atoms with Crippen LogP contribution in [0.2, 0.25) is 0 Å². The molecule has 0 saturated heterocycles. The molecule has 6 nitrogen and oxygen atoms in total. The quantitative estimate of drug-likeness (QED) is 0.205. The molecule has 94 valence electrons. The number of anilines is 1. The van der Waals surface area contributed by atoms with E-state index in [-0.39, 0.29) is 12.3 Å². The highest BCUT2D eigenvalue weighted by Crippen LogP contribution is 2.13. The number of carbonyl (C=O) groups is 1. The van der Waals surface area contributed by atoms with Crippen molar-refractivity contribution in [2.24, 2.45) is 5.16 Å². The fraction of sp³-hybridized carbons (Fsp3) is 0.444. The van der Waals surface area contributed by atoms with Gasteiger partial charge in [-0.3, -0.25) is 0 Å². The van der Waals surface area contributed by atoms with E-state index in [1.54, 1.807) is 12.3 Å². The lowest BCUT2D eigenvalue weighted by Crippen LogP contribution is -2.20. The van der Waals surface area contributed by atoms with E-state index in [1.807, 2.05) is 0 Å². The minimum atomic E-state index is -0.564. The van der Waals surface area contributed by atoms with Crippen LogP contribution in [0.1, 0.15) is 12.6 Å². The van der Waals surface area contributed by atoms with Gasteiger partial charge in [0.1, 0.15) is 12.3 Å². The van der Waals surface area contributed by atoms with Crippen molar-refractivity contribution in [3.8, 4) is 0 Å². The van der Waals surface area contributed by atoms with E-state index in [1.165, 1.54) is 11.3 Å². The van der Waals surface area contributed by atoms with Crippen molar-refractivity contribution in [3.63, 3.8) is 0 Å². The van der Waals surface area contributed by atoms with Crippen molar-refractivity contribution in [2.45, 2.75) is 6.92 Å². The molecular weight excluding hydrogens is 357 g/mol. The SMILES string of the molecule is CCOC(=O)/C(=N/OCCI)c1csc(N)n1. The van der Waals surface area contributed by atoms with Gasteiger partial charge < -0.3 is 15.3 Å². The van der Waals surface area contributed by atoms with Crippen LogP contribution in [0, 0.1) is 0 Å². The summed E-state index contributed by atoms with van der Waals surface area (Å²) in [6.07, 6.45) is 0. The fourth-order valence-electron chi connectivity index (χ4n) is 0.929. The van der Waals surface area contributed by atoms with Gasteiger partial charge in [-0.15, -0.1) is 11.3 Å². The predicted molar refractivity (Wildman–Crippen MR) is 74.5 cm³/mol. The normalized spacial score (nSPS) is 11.3. The summed E-state index contributed by atoms with van der Waals surface area (Å²) in [6.45, 7) is 2.41. The van der Waals surface area contributed by atoms with E-state index >= 15 is 0 Å². The fourth-order valence-corrected chi connectivity index (χ4v) is 1.67. The molecule has 8 heteroatoms. The van der Waals surface area contributed by atoms with E-state index in [9.17, 15) is 4.79 Å². The Hall–Kier alpha value is -0.900. The number of alkyl halides is 1. The summed E-state index contributed by atoms with van der Waals surface area (Å²) in [7, 11) is 0. The van der Waals surface area contributed by atoms with Crippen LogP contribution in [0.25, 0.3) is 0 Å². The average molecular weight is 369 g/mol. The largest absolute Gasteiger partial charge is 0.461 e. The molecule has 0 atom stereocenters. The molecule has 0 unspecified atom stereocenters. The van der Waals surface area contributed by atoms with Gasteiger partial charge in [-0.25, -0.2) is 9.78 Å². The highest BCUT2D eigenvalue weighted by atomic mass is 127.